The summed E-state index contributed by atoms with van der Waals surface area (Å²) in [5.41, 5.74) is 1.15. The molecule has 0 fully saturated rings. The minimum absolute atomic E-state index is 0.719. The van der Waals surface area contributed by atoms with Crippen LogP contribution in [0.1, 0.15) is 18.4 Å². The van der Waals surface area contributed by atoms with Gasteiger partial charge in [0, 0.05) is 31.3 Å². The van der Waals surface area contributed by atoms with E-state index in [2.05, 4.69) is 21.7 Å². The second kappa shape index (κ2) is 7.08. The van der Waals surface area contributed by atoms with Crippen LogP contribution in [0.3, 0.4) is 0 Å². The average Bonchev–Trinajstić information content (AvgIpc) is 2.90. The first kappa shape index (κ1) is 13.9. The molecule has 0 saturated heterocycles. The van der Waals surface area contributed by atoms with E-state index in [0.29, 0.717) is 0 Å². The first-order valence-corrected chi connectivity index (χ1v) is 7.36. The van der Waals surface area contributed by atoms with Gasteiger partial charge in [-0.2, -0.15) is 0 Å². The number of hydrogen-bond acceptors (Lipinski definition) is 5. The van der Waals surface area contributed by atoms with Gasteiger partial charge in [-0.3, -0.25) is 4.68 Å². The molecule has 0 spiro atoms. The molecule has 3 rings (SSSR count). The van der Waals surface area contributed by atoms with Crippen LogP contribution in [0, 0.1) is 0 Å². The molecular formula is C15H20N4O2. The molecule has 112 valence electrons. The van der Waals surface area contributed by atoms with Crippen LogP contribution < -0.4 is 14.8 Å². The highest BCUT2D eigenvalue weighted by Crippen LogP contribution is 2.33. The number of nitrogens with zero attached hydrogens (tertiary/aromatic N) is 3. The van der Waals surface area contributed by atoms with Crippen LogP contribution in [0.4, 0.5) is 0 Å². The normalized spacial score (nSPS) is 13.9. The van der Waals surface area contributed by atoms with E-state index in [1.807, 2.05) is 23.0 Å². The molecule has 1 aromatic carbocycles. The van der Waals surface area contributed by atoms with Crippen LogP contribution in [-0.4, -0.2) is 34.8 Å². The Morgan fingerprint density at radius 1 is 1.24 bits per heavy atom. The summed E-state index contributed by atoms with van der Waals surface area (Å²) >= 11 is 0. The fraction of sp³-hybridized carbons (Fsp3) is 0.467. The molecule has 0 amide bonds. The van der Waals surface area contributed by atoms with Crippen molar-refractivity contribution in [1.29, 1.82) is 0 Å². The Labute approximate surface area is 124 Å². The summed E-state index contributed by atoms with van der Waals surface area (Å²) in [5, 5.41) is 11.2. The summed E-state index contributed by atoms with van der Waals surface area (Å²) in [6.45, 7) is 4.02. The molecule has 6 nitrogen and oxygen atoms in total. The van der Waals surface area contributed by atoms with Crippen LogP contribution in [-0.2, 0) is 13.1 Å². The summed E-state index contributed by atoms with van der Waals surface area (Å²) < 4.78 is 13.3. The van der Waals surface area contributed by atoms with Crippen molar-refractivity contribution < 1.29 is 9.47 Å². The van der Waals surface area contributed by atoms with Crippen molar-refractivity contribution in [2.24, 2.45) is 0 Å². The molecular weight excluding hydrogens is 268 g/mol. The maximum atomic E-state index is 5.81. The Morgan fingerprint density at radius 2 is 2.19 bits per heavy atom. The van der Waals surface area contributed by atoms with Gasteiger partial charge in [0.2, 0.25) is 0 Å². The molecule has 1 N–H and O–H groups in total. The van der Waals surface area contributed by atoms with E-state index < -0.39 is 0 Å². The van der Waals surface area contributed by atoms with Gasteiger partial charge in [-0.1, -0.05) is 17.3 Å². The van der Waals surface area contributed by atoms with E-state index in [1.165, 1.54) is 0 Å². The summed E-state index contributed by atoms with van der Waals surface area (Å²) in [6.07, 6.45) is 5.52. The van der Waals surface area contributed by atoms with E-state index in [4.69, 9.17) is 9.47 Å². The lowest BCUT2D eigenvalue weighted by Crippen LogP contribution is -2.17. The predicted octanol–water partition coefficient (Wildman–Crippen LogP) is 1.62. The highest BCUT2D eigenvalue weighted by atomic mass is 16.5. The lowest BCUT2D eigenvalue weighted by Gasteiger charge is -2.13. The van der Waals surface area contributed by atoms with Crippen molar-refractivity contribution in [3.63, 3.8) is 0 Å². The fourth-order valence-electron chi connectivity index (χ4n) is 2.33. The molecule has 2 heterocycles. The van der Waals surface area contributed by atoms with Crippen LogP contribution in [0.5, 0.6) is 11.5 Å². The number of ether oxygens (including phenoxy) is 2. The molecule has 0 radical (unpaired) electrons. The van der Waals surface area contributed by atoms with Crippen molar-refractivity contribution in [3.8, 4) is 11.5 Å². The molecule has 0 atom stereocenters. The molecule has 21 heavy (non-hydrogen) atoms. The van der Waals surface area contributed by atoms with Crippen molar-refractivity contribution in [1.82, 2.24) is 20.3 Å². The highest BCUT2D eigenvalue weighted by Gasteiger charge is 2.13. The largest absolute Gasteiger partial charge is 0.490 e. The van der Waals surface area contributed by atoms with Gasteiger partial charge >= 0.3 is 0 Å². The van der Waals surface area contributed by atoms with Gasteiger partial charge in [-0.05, 0) is 19.0 Å². The third-order valence-corrected chi connectivity index (χ3v) is 3.38. The summed E-state index contributed by atoms with van der Waals surface area (Å²) in [7, 11) is 0. The van der Waals surface area contributed by atoms with E-state index >= 15 is 0 Å². The van der Waals surface area contributed by atoms with Gasteiger partial charge in [0.1, 0.15) is 0 Å². The van der Waals surface area contributed by atoms with Gasteiger partial charge in [0.15, 0.2) is 11.5 Å². The van der Waals surface area contributed by atoms with Gasteiger partial charge in [-0.25, -0.2) is 0 Å². The van der Waals surface area contributed by atoms with Gasteiger partial charge in [0.25, 0.3) is 0 Å². The van der Waals surface area contributed by atoms with Gasteiger partial charge < -0.3 is 14.8 Å². The Hall–Kier alpha value is -2.08. The summed E-state index contributed by atoms with van der Waals surface area (Å²) in [4.78, 5) is 0. The van der Waals surface area contributed by atoms with Gasteiger partial charge in [0.05, 0.1) is 19.4 Å². The van der Waals surface area contributed by atoms with Crippen molar-refractivity contribution >= 4 is 0 Å². The standard InChI is InChI=1S/C15H20N4O2/c1-4-13(15-14(5-1)20-10-3-11-21-15)12-16-6-2-8-19-9-7-17-18-19/h1,4-5,7,9,16H,2-3,6,8,10-12H2. The second-order valence-corrected chi connectivity index (χ2v) is 4.99. The molecule has 0 saturated carbocycles. The quantitative estimate of drug-likeness (QED) is 0.818. The molecule has 1 aliphatic rings. The SMILES string of the molecule is c1cc(CNCCCn2ccnn2)c2c(c1)OCCCO2. The van der Waals surface area contributed by atoms with Crippen molar-refractivity contribution in [2.45, 2.75) is 25.9 Å². The molecule has 0 bridgehead atoms. The number of aromatic nitrogens is 3. The number of benzene rings is 1. The van der Waals surface area contributed by atoms with Crippen molar-refractivity contribution in [2.75, 3.05) is 19.8 Å². The Morgan fingerprint density at radius 3 is 3.10 bits per heavy atom. The smallest absolute Gasteiger partial charge is 0.165 e. The van der Waals surface area contributed by atoms with Crippen LogP contribution in [0.15, 0.2) is 30.6 Å². The maximum absolute atomic E-state index is 5.81. The zero-order chi connectivity index (χ0) is 14.3. The first-order chi connectivity index (χ1) is 10.4. The van der Waals surface area contributed by atoms with E-state index in [0.717, 1.165) is 62.8 Å². The van der Waals surface area contributed by atoms with E-state index in [9.17, 15) is 0 Å². The number of hydrogen-bond donors (Lipinski definition) is 1. The third-order valence-electron chi connectivity index (χ3n) is 3.38. The lowest BCUT2D eigenvalue weighted by molar-refractivity contribution is 0.296. The fourth-order valence-corrected chi connectivity index (χ4v) is 2.33. The minimum atomic E-state index is 0.719. The zero-order valence-electron chi connectivity index (χ0n) is 12.0. The summed E-state index contributed by atoms with van der Waals surface area (Å²) in [5.74, 6) is 1.74. The number of aryl methyl sites for hydroxylation is 1. The van der Waals surface area contributed by atoms with Crippen molar-refractivity contribution in [3.05, 3.63) is 36.2 Å². The summed E-state index contributed by atoms with van der Waals surface area (Å²) in [6, 6.07) is 6.06. The lowest BCUT2D eigenvalue weighted by atomic mass is 10.2. The molecule has 6 heteroatoms. The third kappa shape index (κ3) is 3.72. The Balaban J connectivity index is 1.49. The monoisotopic (exact) mass is 288 g/mol. The zero-order valence-corrected chi connectivity index (χ0v) is 12.0. The number of fused-ring (bicyclic) bond motifs is 1. The number of para-hydroxylation sites is 1. The molecule has 0 aliphatic carbocycles. The minimum Gasteiger partial charge on any atom is -0.490 e. The van der Waals surface area contributed by atoms with Crippen LogP contribution >= 0.6 is 0 Å². The van der Waals surface area contributed by atoms with E-state index in [1.54, 1.807) is 6.20 Å². The Kier molecular flexibility index (Phi) is 4.68. The number of nitrogens with one attached hydrogen (secondary N) is 1. The molecule has 1 aliphatic heterocycles. The maximum Gasteiger partial charge on any atom is 0.165 e. The predicted molar refractivity (Wildman–Crippen MR) is 78.4 cm³/mol. The second-order valence-electron chi connectivity index (χ2n) is 4.99. The average molecular weight is 288 g/mol. The molecule has 0 unspecified atom stereocenters. The van der Waals surface area contributed by atoms with E-state index in [-0.39, 0.29) is 0 Å². The highest BCUT2D eigenvalue weighted by molar-refractivity contribution is 5.46. The number of rotatable bonds is 6. The topological polar surface area (TPSA) is 61.2 Å². The van der Waals surface area contributed by atoms with Gasteiger partial charge in [-0.15, -0.1) is 5.10 Å². The molecule has 2 aromatic rings. The first-order valence-electron chi connectivity index (χ1n) is 7.36. The van der Waals surface area contributed by atoms with Crippen LogP contribution in [0.2, 0.25) is 0 Å². The van der Waals surface area contributed by atoms with Crippen LogP contribution in [0.25, 0.3) is 0 Å². The molecule has 1 aromatic heterocycles. The Bertz CT molecular complexity index is 557.